The zero-order valence-corrected chi connectivity index (χ0v) is 10.8. The van der Waals surface area contributed by atoms with Crippen LogP contribution in [0.25, 0.3) is 22.4 Å². The molecule has 0 fully saturated rings. The summed E-state index contributed by atoms with van der Waals surface area (Å²) in [4.78, 5) is 7.68. The van der Waals surface area contributed by atoms with Gasteiger partial charge < -0.3 is 10.7 Å². The third-order valence-corrected chi connectivity index (χ3v) is 3.48. The highest BCUT2D eigenvalue weighted by Crippen LogP contribution is 2.29. The van der Waals surface area contributed by atoms with Crippen molar-refractivity contribution in [2.45, 2.75) is 0 Å². The molecule has 2 aromatic carbocycles. The number of nitrogen functional groups attached to an aromatic ring is 1. The van der Waals surface area contributed by atoms with Gasteiger partial charge in [-0.3, -0.25) is 0 Å². The highest BCUT2D eigenvalue weighted by molar-refractivity contribution is 6.42. The summed E-state index contributed by atoms with van der Waals surface area (Å²) in [5, 5.41) is 1.03. The maximum absolute atomic E-state index is 6.00. The van der Waals surface area contributed by atoms with Gasteiger partial charge in [-0.1, -0.05) is 29.3 Å². The summed E-state index contributed by atoms with van der Waals surface area (Å²) in [5.41, 5.74) is 9.06. The van der Waals surface area contributed by atoms with Crippen molar-refractivity contribution in [2.24, 2.45) is 0 Å². The second-order valence-electron chi connectivity index (χ2n) is 3.96. The fourth-order valence-corrected chi connectivity index (χ4v) is 2.13. The van der Waals surface area contributed by atoms with E-state index in [1.807, 2.05) is 24.3 Å². The summed E-state index contributed by atoms with van der Waals surface area (Å²) < 4.78 is 0. The summed E-state index contributed by atoms with van der Waals surface area (Å²) in [6.07, 6.45) is 0. The van der Waals surface area contributed by atoms with Gasteiger partial charge in [-0.2, -0.15) is 0 Å². The number of nitrogens with one attached hydrogen (secondary N) is 1. The van der Waals surface area contributed by atoms with Gasteiger partial charge in [0.15, 0.2) is 0 Å². The summed E-state index contributed by atoms with van der Waals surface area (Å²) in [6.45, 7) is 0. The van der Waals surface area contributed by atoms with E-state index in [2.05, 4.69) is 9.97 Å². The van der Waals surface area contributed by atoms with Gasteiger partial charge in [0.25, 0.3) is 0 Å². The van der Waals surface area contributed by atoms with Gasteiger partial charge in [-0.15, -0.1) is 0 Å². The lowest BCUT2D eigenvalue weighted by molar-refractivity contribution is 1.34. The average Bonchev–Trinajstić information content (AvgIpc) is 2.78. The number of H-pyrrole nitrogens is 1. The van der Waals surface area contributed by atoms with Gasteiger partial charge in [0.2, 0.25) is 0 Å². The third kappa shape index (κ3) is 1.82. The number of aromatic nitrogens is 2. The first-order chi connectivity index (χ1) is 8.65. The van der Waals surface area contributed by atoms with E-state index < -0.39 is 0 Å². The molecule has 0 bridgehead atoms. The molecule has 0 unspecified atom stereocenters. The second kappa shape index (κ2) is 4.19. The van der Waals surface area contributed by atoms with Gasteiger partial charge >= 0.3 is 0 Å². The Morgan fingerprint density at radius 1 is 1.06 bits per heavy atom. The number of rotatable bonds is 1. The summed E-state index contributed by atoms with van der Waals surface area (Å²) in [5.74, 6) is 0.724. The predicted molar refractivity (Wildman–Crippen MR) is 76.0 cm³/mol. The molecule has 3 N–H and O–H groups in total. The van der Waals surface area contributed by atoms with E-state index in [4.69, 9.17) is 28.9 Å². The Kier molecular flexibility index (Phi) is 2.65. The van der Waals surface area contributed by atoms with Gasteiger partial charge in [0, 0.05) is 5.56 Å². The minimum atomic E-state index is 0.502. The van der Waals surface area contributed by atoms with E-state index in [-0.39, 0.29) is 0 Å². The zero-order chi connectivity index (χ0) is 12.7. The van der Waals surface area contributed by atoms with Crippen LogP contribution in [0.2, 0.25) is 10.0 Å². The first-order valence-corrected chi connectivity index (χ1v) is 6.10. The molecule has 0 atom stereocenters. The highest BCUT2D eigenvalue weighted by Gasteiger charge is 2.08. The maximum atomic E-state index is 6.00. The molecule has 90 valence electrons. The van der Waals surface area contributed by atoms with Gasteiger partial charge in [-0.25, -0.2) is 4.98 Å². The molecule has 3 nitrogen and oxygen atoms in total. The Morgan fingerprint density at radius 3 is 2.61 bits per heavy atom. The normalized spacial score (nSPS) is 11.0. The standard InChI is InChI=1S/C13H9Cl2N3/c14-8-5-4-7(6-9(8)15)13-17-11-3-1-2-10(16)12(11)18-13/h1-6H,16H2,(H,17,18). The lowest BCUT2D eigenvalue weighted by Crippen LogP contribution is -1.85. The van der Waals surface area contributed by atoms with Crippen LogP contribution >= 0.6 is 23.2 Å². The third-order valence-electron chi connectivity index (χ3n) is 2.74. The summed E-state index contributed by atoms with van der Waals surface area (Å²) >= 11 is 11.9. The summed E-state index contributed by atoms with van der Waals surface area (Å²) in [6, 6.07) is 11.0. The molecule has 0 aliphatic heterocycles. The van der Waals surface area contributed by atoms with Crippen molar-refractivity contribution < 1.29 is 0 Å². The highest BCUT2D eigenvalue weighted by atomic mass is 35.5. The molecule has 3 rings (SSSR count). The number of imidazole rings is 1. The van der Waals surface area contributed by atoms with E-state index in [0.717, 1.165) is 22.4 Å². The first kappa shape index (κ1) is 11.4. The number of halogens is 2. The molecule has 18 heavy (non-hydrogen) atoms. The van der Waals surface area contributed by atoms with Crippen LogP contribution in [-0.2, 0) is 0 Å². The molecule has 5 heteroatoms. The molecular weight excluding hydrogens is 269 g/mol. The van der Waals surface area contributed by atoms with Crippen LogP contribution in [0.3, 0.4) is 0 Å². The lowest BCUT2D eigenvalue weighted by atomic mass is 10.2. The molecule has 1 aromatic heterocycles. The van der Waals surface area contributed by atoms with Crippen molar-refractivity contribution in [3.63, 3.8) is 0 Å². The number of hydrogen-bond acceptors (Lipinski definition) is 2. The fraction of sp³-hybridized carbons (Fsp3) is 0. The van der Waals surface area contributed by atoms with Gasteiger partial charge in [0.1, 0.15) is 11.3 Å². The topological polar surface area (TPSA) is 54.7 Å². The van der Waals surface area contributed by atoms with Crippen LogP contribution < -0.4 is 5.73 Å². The Morgan fingerprint density at radius 2 is 1.89 bits per heavy atom. The largest absolute Gasteiger partial charge is 0.397 e. The maximum Gasteiger partial charge on any atom is 0.138 e. The van der Waals surface area contributed by atoms with Crippen LogP contribution in [0.5, 0.6) is 0 Å². The number of fused-ring (bicyclic) bond motifs is 1. The van der Waals surface area contributed by atoms with Gasteiger partial charge in [0.05, 0.1) is 21.2 Å². The Balaban J connectivity index is 2.19. The van der Waals surface area contributed by atoms with E-state index >= 15 is 0 Å². The number of benzene rings is 2. The number of anilines is 1. The fourth-order valence-electron chi connectivity index (χ4n) is 1.83. The lowest BCUT2D eigenvalue weighted by Gasteiger charge is -1.99. The average molecular weight is 278 g/mol. The zero-order valence-electron chi connectivity index (χ0n) is 9.24. The van der Waals surface area contributed by atoms with E-state index in [1.54, 1.807) is 12.1 Å². The smallest absolute Gasteiger partial charge is 0.138 e. The number of para-hydroxylation sites is 1. The molecule has 0 amide bonds. The van der Waals surface area contributed by atoms with Gasteiger partial charge in [-0.05, 0) is 30.3 Å². The number of aromatic amines is 1. The van der Waals surface area contributed by atoms with Crippen LogP contribution in [0.15, 0.2) is 36.4 Å². The molecular formula is C13H9Cl2N3. The summed E-state index contributed by atoms with van der Waals surface area (Å²) in [7, 11) is 0. The molecule has 1 heterocycles. The number of hydrogen-bond donors (Lipinski definition) is 2. The number of nitrogens with zero attached hydrogens (tertiary/aromatic N) is 1. The van der Waals surface area contributed by atoms with Crippen molar-refractivity contribution >= 4 is 39.9 Å². The molecule has 0 saturated heterocycles. The monoisotopic (exact) mass is 277 g/mol. The molecule has 0 radical (unpaired) electrons. The van der Waals surface area contributed by atoms with Crippen molar-refractivity contribution in [3.8, 4) is 11.4 Å². The van der Waals surface area contributed by atoms with Crippen LogP contribution in [0, 0.1) is 0 Å². The first-order valence-electron chi connectivity index (χ1n) is 5.35. The molecule has 0 saturated carbocycles. The SMILES string of the molecule is Nc1cccc2[nH]c(-c3ccc(Cl)c(Cl)c3)nc12. The minimum absolute atomic E-state index is 0.502. The Bertz CT molecular complexity index is 734. The van der Waals surface area contributed by atoms with E-state index in [0.29, 0.717) is 15.7 Å². The second-order valence-corrected chi connectivity index (χ2v) is 4.77. The molecule has 0 spiro atoms. The van der Waals surface area contributed by atoms with Crippen molar-refractivity contribution in [2.75, 3.05) is 5.73 Å². The van der Waals surface area contributed by atoms with Crippen LogP contribution in [0.1, 0.15) is 0 Å². The molecule has 3 aromatic rings. The number of nitrogens with two attached hydrogens (primary N) is 1. The van der Waals surface area contributed by atoms with E-state index in [1.165, 1.54) is 0 Å². The van der Waals surface area contributed by atoms with Crippen molar-refractivity contribution in [1.82, 2.24) is 9.97 Å². The Hall–Kier alpha value is -1.71. The van der Waals surface area contributed by atoms with E-state index in [9.17, 15) is 0 Å². The van der Waals surface area contributed by atoms with Crippen molar-refractivity contribution in [1.29, 1.82) is 0 Å². The molecule has 0 aliphatic rings. The minimum Gasteiger partial charge on any atom is -0.397 e. The predicted octanol–water partition coefficient (Wildman–Crippen LogP) is 4.12. The van der Waals surface area contributed by atoms with Crippen LogP contribution in [0.4, 0.5) is 5.69 Å². The van der Waals surface area contributed by atoms with Crippen LogP contribution in [-0.4, -0.2) is 9.97 Å². The molecule has 0 aliphatic carbocycles. The van der Waals surface area contributed by atoms with Crippen molar-refractivity contribution in [3.05, 3.63) is 46.4 Å². The quantitative estimate of drug-likeness (QED) is 0.658. The Labute approximate surface area is 114 Å².